The van der Waals surface area contributed by atoms with E-state index in [1.165, 1.54) is 29.4 Å². The van der Waals surface area contributed by atoms with E-state index in [9.17, 15) is 19.2 Å². The van der Waals surface area contributed by atoms with Gasteiger partial charge in [-0.25, -0.2) is 14.3 Å². The minimum atomic E-state index is -0.538. The maximum absolute atomic E-state index is 13.0. The second-order valence-electron chi connectivity index (χ2n) is 6.87. The first-order valence-electron chi connectivity index (χ1n) is 8.96. The molecule has 0 aliphatic carbocycles. The molecule has 3 heterocycles. The lowest BCUT2D eigenvalue weighted by atomic mass is 9.96. The normalized spacial score (nSPS) is 17.3. The Hall–Kier alpha value is -2.91. The van der Waals surface area contributed by atoms with Crippen molar-refractivity contribution in [1.82, 2.24) is 28.4 Å². The van der Waals surface area contributed by atoms with Crippen LogP contribution < -0.4 is 16.9 Å². The minimum Gasteiger partial charge on any atom is -0.337 e. The minimum absolute atomic E-state index is 0.0673. The highest BCUT2D eigenvalue weighted by molar-refractivity contribution is 5.92. The number of likely N-dealkylation sites (tertiary alicyclic amines) is 1. The van der Waals surface area contributed by atoms with E-state index >= 15 is 0 Å². The van der Waals surface area contributed by atoms with Gasteiger partial charge in [0.15, 0.2) is 0 Å². The van der Waals surface area contributed by atoms with E-state index in [1.807, 2.05) is 6.92 Å². The molecule has 3 rings (SSSR count). The van der Waals surface area contributed by atoms with Crippen molar-refractivity contribution in [1.29, 1.82) is 0 Å². The third-order valence-corrected chi connectivity index (χ3v) is 5.17. The monoisotopic (exact) mass is 376 g/mol. The highest BCUT2D eigenvalue weighted by Crippen LogP contribution is 2.25. The number of carbonyl (C=O) groups excluding carboxylic acids is 1. The Balaban J connectivity index is 1.93. The maximum atomic E-state index is 13.0. The van der Waals surface area contributed by atoms with Crippen LogP contribution in [0.5, 0.6) is 0 Å². The highest BCUT2D eigenvalue weighted by Gasteiger charge is 2.30. The number of nitrogens with zero attached hydrogens (tertiary/aromatic N) is 6. The van der Waals surface area contributed by atoms with Gasteiger partial charge in [-0.3, -0.25) is 23.3 Å². The Morgan fingerprint density at radius 1 is 1.15 bits per heavy atom. The second kappa shape index (κ2) is 7.01. The predicted octanol–water partition coefficient (Wildman–Crippen LogP) is -0.981. The summed E-state index contributed by atoms with van der Waals surface area (Å²) in [6.07, 6.45) is 1.57. The van der Waals surface area contributed by atoms with E-state index < -0.39 is 11.2 Å². The van der Waals surface area contributed by atoms with Gasteiger partial charge >= 0.3 is 11.4 Å². The number of hydrogen-bond acceptors (Lipinski definition) is 5. The molecule has 10 heteroatoms. The molecule has 0 N–H and O–H groups in total. The zero-order valence-electron chi connectivity index (χ0n) is 16.0. The number of rotatable bonds is 3. The molecule has 0 aromatic carbocycles. The standard InChI is InChI=1S/C17H24N6O4/c1-5-23-14(18-21(4)17(23)27)11-7-6-8-22(10-11)15(25)12-9-13(24)20(3)16(26)19(12)2/h9,11H,5-8,10H2,1-4H3/t11-/m0/s1. The molecule has 0 saturated carbocycles. The number of carbonyl (C=O) groups is 1. The number of amides is 1. The van der Waals surface area contributed by atoms with Crippen molar-refractivity contribution in [2.75, 3.05) is 13.1 Å². The summed E-state index contributed by atoms with van der Waals surface area (Å²) in [5, 5.41) is 4.35. The number of hydrogen-bond donors (Lipinski definition) is 0. The average Bonchev–Trinajstić information content (AvgIpc) is 2.96. The van der Waals surface area contributed by atoms with Crippen LogP contribution in [0.25, 0.3) is 0 Å². The molecule has 10 nitrogen and oxygen atoms in total. The van der Waals surface area contributed by atoms with Gasteiger partial charge in [0.1, 0.15) is 11.5 Å². The molecule has 1 amide bonds. The summed E-state index contributed by atoms with van der Waals surface area (Å²) >= 11 is 0. The van der Waals surface area contributed by atoms with Crippen molar-refractivity contribution in [2.24, 2.45) is 21.1 Å². The van der Waals surface area contributed by atoms with E-state index in [0.717, 1.165) is 17.4 Å². The molecule has 2 aromatic rings. The maximum Gasteiger partial charge on any atom is 0.345 e. The quantitative estimate of drug-likeness (QED) is 0.685. The van der Waals surface area contributed by atoms with Crippen LogP contribution in [0.15, 0.2) is 20.4 Å². The van der Waals surface area contributed by atoms with E-state index in [0.29, 0.717) is 25.5 Å². The van der Waals surface area contributed by atoms with E-state index in [4.69, 9.17) is 0 Å². The van der Waals surface area contributed by atoms with Crippen LogP contribution in [0.3, 0.4) is 0 Å². The molecule has 1 aliphatic rings. The van der Waals surface area contributed by atoms with Gasteiger partial charge in [-0.1, -0.05) is 0 Å². The fourth-order valence-corrected chi connectivity index (χ4v) is 3.59. The van der Waals surface area contributed by atoms with Crippen LogP contribution in [0.2, 0.25) is 0 Å². The van der Waals surface area contributed by atoms with E-state index in [1.54, 1.807) is 16.5 Å². The van der Waals surface area contributed by atoms with Gasteiger partial charge in [-0.15, -0.1) is 0 Å². The molecule has 0 radical (unpaired) electrons. The molecule has 1 fully saturated rings. The van der Waals surface area contributed by atoms with Gasteiger partial charge < -0.3 is 4.90 Å². The lowest BCUT2D eigenvalue weighted by molar-refractivity contribution is 0.0691. The summed E-state index contributed by atoms with van der Waals surface area (Å²) in [5.41, 5.74) is -1.16. The van der Waals surface area contributed by atoms with Gasteiger partial charge in [0.25, 0.3) is 11.5 Å². The molecule has 1 aliphatic heterocycles. The van der Waals surface area contributed by atoms with E-state index in [2.05, 4.69) is 5.10 Å². The highest BCUT2D eigenvalue weighted by atomic mass is 16.2. The van der Waals surface area contributed by atoms with Crippen LogP contribution in [0, 0.1) is 0 Å². The van der Waals surface area contributed by atoms with Crippen LogP contribution >= 0.6 is 0 Å². The average molecular weight is 376 g/mol. The molecule has 27 heavy (non-hydrogen) atoms. The molecular formula is C17H24N6O4. The zero-order valence-corrected chi connectivity index (χ0v) is 16.0. The largest absolute Gasteiger partial charge is 0.345 e. The van der Waals surface area contributed by atoms with Crippen LogP contribution in [-0.2, 0) is 27.7 Å². The Bertz CT molecular complexity index is 1060. The summed E-state index contributed by atoms with van der Waals surface area (Å²) < 4.78 is 5.08. The van der Waals surface area contributed by atoms with Crippen molar-refractivity contribution < 1.29 is 4.79 Å². The van der Waals surface area contributed by atoms with E-state index in [-0.39, 0.29) is 23.2 Å². The van der Waals surface area contributed by atoms with Crippen molar-refractivity contribution in [3.8, 4) is 0 Å². The fourth-order valence-electron chi connectivity index (χ4n) is 3.59. The molecule has 0 unspecified atom stereocenters. The van der Waals surface area contributed by atoms with Crippen molar-refractivity contribution in [3.05, 3.63) is 48.9 Å². The molecule has 146 valence electrons. The Labute approximate surface area is 155 Å². The molecular weight excluding hydrogens is 352 g/mol. The summed E-state index contributed by atoms with van der Waals surface area (Å²) in [5.74, 6) is 0.235. The van der Waals surface area contributed by atoms with Gasteiger partial charge in [0, 0.05) is 52.8 Å². The van der Waals surface area contributed by atoms with Gasteiger partial charge in [0.2, 0.25) is 0 Å². The van der Waals surface area contributed by atoms with Gasteiger partial charge in [-0.05, 0) is 19.8 Å². The molecule has 2 aromatic heterocycles. The lowest BCUT2D eigenvalue weighted by Gasteiger charge is -2.32. The first kappa shape index (κ1) is 18.9. The van der Waals surface area contributed by atoms with Gasteiger partial charge in [0.05, 0.1) is 0 Å². The number of piperidine rings is 1. The van der Waals surface area contributed by atoms with Crippen molar-refractivity contribution in [2.45, 2.75) is 32.2 Å². The van der Waals surface area contributed by atoms with Crippen molar-refractivity contribution >= 4 is 5.91 Å². The topological polar surface area (TPSA) is 104 Å². The smallest absolute Gasteiger partial charge is 0.337 e. The number of aromatic nitrogens is 5. The van der Waals surface area contributed by atoms with Crippen molar-refractivity contribution in [3.63, 3.8) is 0 Å². The van der Waals surface area contributed by atoms with Crippen LogP contribution in [-0.4, -0.2) is 47.4 Å². The van der Waals surface area contributed by atoms with Gasteiger partial charge in [-0.2, -0.15) is 5.10 Å². The number of aryl methyl sites for hydroxylation is 1. The Kier molecular flexibility index (Phi) is 4.90. The third kappa shape index (κ3) is 3.15. The van der Waals surface area contributed by atoms with Crippen LogP contribution in [0.1, 0.15) is 42.0 Å². The second-order valence-corrected chi connectivity index (χ2v) is 6.87. The summed E-state index contributed by atoms with van der Waals surface area (Å²) in [7, 11) is 4.46. The molecule has 0 bridgehead atoms. The summed E-state index contributed by atoms with van der Waals surface area (Å²) in [6, 6.07) is 1.19. The first-order chi connectivity index (χ1) is 12.8. The SMILES string of the molecule is CCn1c([C@H]2CCCN(C(=O)c3cc(=O)n(C)c(=O)n3C)C2)nn(C)c1=O. The molecule has 0 spiro atoms. The molecule has 1 saturated heterocycles. The Morgan fingerprint density at radius 3 is 2.52 bits per heavy atom. The fraction of sp³-hybridized carbons (Fsp3) is 0.588. The predicted molar refractivity (Wildman–Crippen MR) is 97.9 cm³/mol. The van der Waals surface area contributed by atoms with Crippen LogP contribution in [0.4, 0.5) is 0 Å². The third-order valence-electron chi connectivity index (χ3n) is 5.17. The zero-order chi connectivity index (χ0) is 19.9. The summed E-state index contributed by atoms with van der Waals surface area (Å²) in [4.78, 5) is 50.8. The first-order valence-corrected chi connectivity index (χ1v) is 8.96. The Morgan fingerprint density at radius 2 is 1.85 bits per heavy atom. The lowest BCUT2D eigenvalue weighted by Crippen LogP contribution is -2.45. The summed E-state index contributed by atoms with van der Waals surface area (Å²) in [6.45, 7) is 3.31. The molecule has 1 atom stereocenters.